The minimum absolute atomic E-state index is 0.0225. The fraction of sp³-hybridized carbons (Fsp3) is 0.133. The first-order valence-electron chi connectivity index (χ1n) is 6.33. The van der Waals surface area contributed by atoms with E-state index in [2.05, 4.69) is 26.6 Å². The van der Waals surface area contributed by atoms with Gasteiger partial charge in [-0.05, 0) is 58.7 Å². The van der Waals surface area contributed by atoms with Gasteiger partial charge in [0.15, 0.2) is 0 Å². The Hall–Kier alpha value is -2.08. The van der Waals surface area contributed by atoms with Crippen LogP contribution in [0.5, 0.6) is 0 Å². The lowest BCUT2D eigenvalue weighted by Crippen LogP contribution is -2.19. The molecule has 2 aromatic rings. The highest BCUT2D eigenvalue weighted by Gasteiger charge is 2.08. The summed E-state index contributed by atoms with van der Waals surface area (Å²) >= 11 is 3.38. The summed E-state index contributed by atoms with van der Waals surface area (Å²) in [4.78, 5) is 10.8. The van der Waals surface area contributed by atoms with Crippen molar-refractivity contribution in [1.82, 2.24) is 0 Å². The predicted molar refractivity (Wildman–Crippen MR) is 85.8 cm³/mol. The van der Waals surface area contributed by atoms with Crippen molar-refractivity contribution in [2.24, 2.45) is 5.73 Å². The maximum Gasteiger partial charge on any atom is 0.316 e. The molecule has 2 aromatic carbocycles. The first-order valence-corrected chi connectivity index (χ1v) is 7.13. The molecule has 0 radical (unpaired) electrons. The van der Waals surface area contributed by atoms with Gasteiger partial charge in [0, 0.05) is 16.2 Å². The van der Waals surface area contributed by atoms with Crippen molar-refractivity contribution in [3.8, 4) is 0 Å². The molecule has 0 bridgehead atoms. The Morgan fingerprint density at radius 1 is 1.24 bits per heavy atom. The molecule has 2 rings (SSSR count). The summed E-state index contributed by atoms with van der Waals surface area (Å²) in [5, 5.41) is 5.73. The maximum atomic E-state index is 13.3. The maximum absolute atomic E-state index is 13.3. The van der Waals surface area contributed by atoms with E-state index in [-0.39, 0.29) is 11.9 Å². The Balaban J connectivity index is 2.11. The number of carbonyl (C=O) groups excluding carboxylic acids is 1. The molecule has 0 fully saturated rings. The minimum atomic E-state index is -0.599. The summed E-state index contributed by atoms with van der Waals surface area (Å²) < 4.78 is 14.1. The molecule has 0 spiro atoms. The molecule has 0 saturated heterocycles. The molecule has 1 unspecified atom stereocenters. The molecule has 0 aliphatic rings. The number of anilines is 2. The second kappa shape index (κ2) is 6.58. The SMILES string of the molecule is CC(Nc1cc(F)ccc1Br)c1ccc(NC(N)=O)cc1. The second-order valence-electron chi connectivity index (χ2n) is 4.60. The number of rotatable bonds is 4. The summed E-state index contributed by atoms with van der Waals surface area (Å²) in [7, 11) is 0. The van der Waals surface area contributed by atoms with E-state index >= 15 is 0 Å². The number of urea groups is 1. The third kappa shape index (κ3) is 4.19. The van der Waals surface area contributed by atoms with Crippen molar-refractivity contribution < 1.29 is 9.18 Å². The standard InChI is InChI=1S/C15H15BrFN3O/c1-9(19-14-8-11(17)4-7-13(14)16)10-2-5-12(6-3-10)20-15(18)21/h2-9,19H,1H3,(H3,18,20,21). The Morgan fingerprint density at radius 3 is 2.52 bits per heavy atom. The molecule has 110 valence electrons. The van der Waals surface area contributed by atoms with Crippen LogP contribution in [-0.2, 0) is 0 Å². The second-order valence-corrected chi connectivity index (χ2v) is 5.46. The first kappa shape index (κ1) is 15.3. The zero-order valence-corrected chi connectivity index (χ0v) is 12.9. The van der Waals surface area contributed by atoms with Gasteiger partial charge >= 0.3 is 6.03 Å². The molecule has 6 heteroatoms. The van der Waals surface area contributed by atoms with E-state index < -0.39 is 6.03 Å². The number of hydrogen-bond acceptors (Lipinski definition) is 2. The summed E-state index contributed by atoms with van der Waals surface area (Å²) in [5.74, 6) is -0.297. The number of benzene rings is 2. The van der Waals surface area contributed by atoms with Crippen molar-refractivity contribution in [3.63, 3.8) is 0 Å². The molecule has 0 heterocycles. The Morgan fingerprint density at radius 2 is 1.90 bits per heavy atom. The topological polar surface area (TPSA) is 67.2 Å². The fourth-order valence-corrected chi connectivity index (χ4v) is 2.28. The van der Waals surface area contributed by atoms with Gasteiger partial charge in [-0.1, -0.05) is 12.1 Å². The molecule has 0 aliphatic heterocycles. The summed E-state index contributed by atoms with van der Waals surface area (Å²) in [6.45, 7) is 1.97. The number of nitrogens with two attached hydrogens (primary N) is 1. The van der Waals surface area contributed by atoms with E-state index in [1.165, 1.54) is 12.1 Å². The number of nitrogens with one attached hydrogen (secondary N) is 2. The lowest BCUT2D eigenvalue weighted by atomic mass is 10.1. The largest absolute Gasteiger partial charge is 0.378 e. The molecule has 4 N–H and O–H groups in total. The molecule has 0 saturated carbocycles. The molecule has 0 aliphatic carbocycles. The summed E-state index contributed by atoms with van der Waals surface area (Å²) in [6, 6.07) is 11.1. The smallest absolute Gasteiger partial charge is 0.316 e. The molecular weight excluding hydrogens is 337 g/mol. The third-order valence-electron chi connectivity index (χ3n) is 2.98. The predicted octanol–water partition coefficient (Wildman–Crippen LogP) is 4.25. The van der Waals surface area contributed by atoms with Crippen LogP contribution in [0.2, 0.25) is 0 Å². The van der Waals surface area contributed by atoms with Crippen molar-refractivity contribution in [1.29, 1.82) is 0 Å². The Bertz CT molecular complexity index is 646. The van der Waals surface area contributed by atoms with Crippen LogP contribution in [-0.4, -0.2) is 6.03 Å². The van der Waals surface area contributed by atoms with Crippen LogP contribution in [0.15, 0.2) is 46.9 Å². The molecule has 0 aromatic heterocycles. The van der Waals surface area contributed by atoms with Gasteiger partial charge in [-0.3, -0.25) is 0 Å². The highest BCUT2D eigenvalue weighted by molar-refractivity contribution is 9.10. The summed E-state index contributed by atoms with van der Waals surface area (Å²) in [5.41, 5.74) is 7.37. The van der Waals surface area contributed by atoms with Crippen molar-refractivity contribution in [3.05, 3.63) is 58.3 Å². The van der Waals surface area contributed by atoms with Gasteiger partial charge in [-0.2, -0.15) is 0 Å². The highest BCUT2D eigenvalue weighted by Crippen LogP contribution is 2.27. The van der Waals surface area contributed by atoms with E-state index in [0.717, 1.165) is 10.0 Å². The van der Waals surface area contributed by atoms with Gasteiger partial charge in [0.05, 0.1) is 5.69 Å². The zero-order chi connectivity index (χ0) is 15.4. The number of hydrogen-bond donors (Lipinski definition) is 3. The molecule has 2 amide bonds. The number of carbonyl (C=O) groups is 1. The summed E-state index contributed by atoms with van der Waals surface area (Å²) in [6.07, 6.45) is 0. The van der Waals surface area contributed by atoms with Crippen LogP contribution < -0.4 is 16.4 Å². The van der Waals surface area contributed by atoms with Gasteiger partial charge in [0.2, 0.25) is 0 Å². The average Bonchev–Trinajstić information content (AvgIpc) is 2.43. The quantitative estimate of drug-likeness (QED) is 0.770. The number of primary amides is 1. The Kier molecular flexibility index (Phi) is 4.80. The zero-order valence-electron chi connectivity index (χ0n) is 11.4. The van der Waals surface area contributed by atoms with E-state index in [4.69, 9.17) is 5.73 Å². The van der Waals surface area contributed by atoms with Gasteiger partial charge in [-0.15, -0.1) is 0 Å². The first-order chi connectivity index (χ1) is 9.95. The monoisotopic (exact) mass is 351 g/mol. The Labute approximate surface area is 130 Å². The van der Waals surface area contributed by atoms with Gasteiger partial charge in [-0.25, -0.2) is 9.18 Å². The molecule has 21 heavy (non-hydrogen) atoms. The van der Waals surface area contributed by atoms with Crippen LogP contribution in [0.1, 0.15) is 18.5 Å². The normalized spacial score (nSPS) is 11.8. The van der Waals surface area contributed by atoms with E-state index in [1.54, 1.807) is 18.2 Å². The molecular formula is C15H15BrFN3O. The van der Waals surface area contributed by atoms with Crippen LogP contribution in [0.4, 0.5) is 20.6 Å². The fourth-order valence-electron chi connectivity index (χ4n) is 1.92. The third-order valence-corrected chi connectivity index (χ3v) is 3.67. The highest BCUT2D eigenvalue weighted by atomic mass is 79.9. The van der Waals surface area contributed by atoms with E-state index in [1.807, 2.05) is 19.1 Å². The van der Waals surface area contributed by atoms with Gasteiger partial charge in [0.25, 0.3) is 0 Å². The van der Waals surface area contributed by atoms with Gasteiger partial charge < -0.3 is 16.4 Å². The lowest BCUT2D eigenvalue weighted by Gasteiger charge is -2.17. The average molecular weight is 352 g/mol. The van der Waals surface area contributed by atoms with Crippen molar-refractivity contribution >= 4 is 33.3 Å². The molecule has 4 nitrogen and oxygen atoms in total. The van der Waals surface area contributed by atoms with Crippen LogP contribution in [0.3, 0.4) is 0 Å². The van der Waals surface area contributed by atoms with Crippen LogP contribution >= 0.6 is 15.9 Å². The van der Waals surface area contributed by atoms with Crippen LogP contribution in [0.25, 0.3) is 0 Å². The van der Waals surface area contributed by atoms with Gasteiger partial charge in [0.1, 0.15) is 5.82 Å². The number of halogens is 2. The van der Waals surface area contributed by atoms with Crippen LogP contribution in [0, 0.1) is 5.82 Å². The van der Waals surface area contributed by atoms with E-state index in [9.17, 15) is 9.18 Å². The lowest BCUT2D eigenvalue weighted by molar-refractivity contribution is 0.259. The minimum Gasteiger partial charge on any atom is -0.378 e. The van der Waals surface area contributed by atoms with Crippen molar-refractivity contribution in [2.75, 3.05) is 10.6 Å². The number of amides is 2. The van der Waals surface area contributed by atoms with Crippen molar-refractivity contribution in [2.45, 2.75) is 13.0 Å². The molecule has 1 atom stereocenters. The van der Waals surface area contributed by atoms with E-state index in [0.29, 0.717) is 11.4 Å².